The lowest BCUT2D eigenvalue weighted by Crippen LogP contribution is -2.46. The first-order valence-electron chi connectivity index (χ1n) is 10.3. The molecule has 0 unspecified atom stereocenters. The van der Waals surface area contributed by atoms with Crippen molar-refractivity contribution in [3.8, 4) is 0 Å². The average molecular weight is 422 g/mol. The van der Waals surface area contributed by atoms with Crippen LogP contribution in [-0.2, 0) is 6.42 Å². The number of hydrogen-bond donors (Lipinski definition) is 3. The van der Waals surface area contributed by atoms with Crippen LogP contribution >= 0.6 is 11.3 Å². The summed E-state index contributed by atoms with van der Waals surface area (Å²) in [7, 11) is 0. The number of fused-ring (bicyclic) bond motifs is 2. The van der Waals surface area contributed by atoms with Gasteiger partial charge in [-0.25, -0.2) is 15.0 Å². The second-order valence-electron chi connectivity index (χ2n) is 8.92. The fourth-order valence-electron chi connectivity index (χ4n) is 5.75. The van der Waals surface area contributed by atoms with E-state index in [9.17, 15) is 10.2 Å². The van der Waals surface area contributed by atoms with Crippen LogP contribution in [0, 0.1) is 11.3 Å². The van der Waals surface area contributed by atoms with E-state index in [4.69, 9.17) is 5.73 Å². The minimum absolute atomic E-state index is 0.207. The number of aliphatic hydroxyl groups excluding tert-OH is 2. The van der Waals surface area contributed by atoms with Crippen molar-refractivity contribution in [1.29, 1.82) is 0 Å². The molecule has 2 aliphatic rings. The Hall–Kier alpha value is -2.55. The molecule has 0 saturated heterocycles. The van der Waals surface area contributed by atoms with Crippen molar-refractivity contribution in [3.63, 3.8) is 0 Å². The van der Waals surface area contributed by atoms with Gasteiger partial charge in [0.15, 0.2) is 0 Å². The second-order valence-corrected chi connectivity index (χ2v) is 9.81. The van der Waals surface area contributed by atoms with Gasteiger partial charge < -0.3 is 20.5 Å². The second kappa shape index (κ2) is 6.47. The summed E-state index contributed by atoms with van der Waals surface area (Å²) in [4.78, 5) is 12.8. The molecule has 154 valence electrons. The van der Waals surface area contributed by atoms with Gasteiger partial charge in [-0.05, 0) is 55.4 Å². The van der Waals surface area contributed by atoms with Gasteiger partial charge in [0, 0.05) is 11.6 Å². The van der Waals surface area contributed by atoms with Crippen molar-refractivity contribution >= 4 is 38.4 Å². The molecule has 1 spiro atoms. The summed E-state index contributed by atoms with van der Waals surface area (Å²) >= 11 is 1.67. The van der Waals surface area contributed by atoms with Crippen LogP contribution in [0.15, 0.2) is 42.3 Å². The van der Waals surface area contributed by atoms with E-state index in [1.807, 2.05) is 22.3 Å². The van der Waals surface area contributed by atoms with E-state index in [0.29, 0.717) is 17.4 Å². The van der Waals surface area contributed by atoms with Gasteiger partial charge in [0.05, 0.1) is 33.3 Å². The summed E-state index contributed by atoms with van der Waals surface area (Å²) in [6.07, 6.45) is 5.41. The Kier molecular flexibility index (Phi) is 3.93. The monoisotopic (exact) mass is 421 g/mol. The fraction of sp³-hybridized carbons (Fsp3) is 0.409. The number of thiazole rings is 1. The van der Waals surface area contributed by atoms with Crippen molar-refractivity contribution in [2.24, 2.45) is 11.3 Å². The predicted octanol–water partition coefficient (Wildman–Crippen LogP) is 2.93. The Labute approximate surface area is 177 Å². The van der Waals surface area contributed by atoms with Gasteiger partial charge in [-0.3, -0.25) is 0 Å². The number of nitrogens with two attached hydrogens (primary N) is 1. The Morgan fingerprint density at radius 1 is 1.13 bits per heavy atom. The highest BCUT2D eigenvalue weighted by Crippen LogP contribution is 2.60. The van der Waals surface area contributed by atoms with Gasteiger partial charge in [0.2, 0.25) is 0 Å². The lowest BCUT2D eigenvalue weighted by atomic mass is 9.58. The van der Waals surface area contributed by atoms with Gasteiger partial charge in [-0.2, -0.15) is 0 Å². The molecule has 2 fully saturated rings. The molecule has 0 bridgehead atoms. The number of benzene rings is 1. The fourth-order valence-corrected chi connectivity index (χ4v) is 6.49. The Morgan fingerprint density at radius 2 is 2.00 bits per heavy atom. The third-order valence-electron chi connectivity index (χ3n) is 7.17. The van der Waals surface area contributed by atoms with Crippen molar-refractivity contribution in [2.45, 2.75) is 43.9 Å². The first-order valence-corrected chi connectivity index (χ1v) is 11.2. The molecule has 4 N–H and O–H groups in total. The lowest BCUT2D eigenvalue weighted by Gasteiger charge is -2.48. The largest absolute Gasteiger partial charge is 0.390 e. The van der Waals surface area contributed by atoms with E-state index in [-0.39, 0.29) is 11.5 Å². The minimum atomic E-state index is -0.814. The van der Waals surface area contributed by atoms with Crippen LogP contribution in [0.25, 0.3) is 21.3 Å². The van der Waals surface area contributed by atoms with Crippen LogP contribution in [0.5, 0.6) is 0 Å². The summed E-state index contributed by atoms with van der Waals surface area (Å²) in [5.74, 6) is 0.957. The SMILES string of the molecule is Nc1ncnc2c1ccn2[C@@H]1C[C@]2(C[C@@H](Cc3ccc4ncsc4c3)C2)[C@@H](O)[C@H]1O. The third kappa shape index (κ3) is 2.60. The quantitative estimate of drug-likeness (QED) is 0.469. The van der Waals surface area contributed by atoms with Gasteiger partial charge in [0.25, 0.3) is 0 Å². The van der Waals surface area contributed by atoms with Gasteiger partial charge in [0.1, 0.15) is 23.9 Å². The topological polar surface area (TPSA) is 110 Å². The Morgan fingerprint density at radius 3 is 2.87 bits per heavy atom. The van der Waals surface area contributed by atoms with Crippen LogP contribution in [0.2, 0.25) is 0 Å². The maximum absolute atomic E-state index is 10.9. The molecule has 0 aliphatic heterocycles. The molecule has 2 saturated carbocycles. The minimum Gasteiger partial charge on any atom is -0.390 e. The van der Waals surface area contributed by atoms with Crippen molar-refractivity contribution in [3.05, 3.63) is 47.9 Å². The molecule has 3 heterocycles. The summed E-state index contributed by atoms with van der Waals surface area (Å²) in [6.45, 7) is 0. The summed E-state index contributed by atoms with van der Waals surface area (Å²) in [5.41, 5.74) is 10.7. The van der Waals surface area contributed by atoms with Crippen molar-refractivity contribution in [1.82, 2.24) is 19.5 Å². The standard InChI is InChI=1S/C22H23N5O2S/c23-20-14-3-4-27(21(14)25-10-24-20)16-9-22(19(29)18(16)28)7-13(8-22)5-12-1-2-15-17(6-12)30-11-26-15/h1-4,6,10-11,13,16,18-19,28-29H,5,7-9H2,(H2,23,24,25)/t13-,16-,18+,19+,22-/m1/s1. The van der Waals surface area contributed by atoms with Crippen LogP contribution in [-0.4, -0.2) is 41.9 Å². The number of aromatic nitrogens is 4. The molecule has 8 heteroatoms. The van der Waals surface area contributed by atoms with E-state index in [1.54, 1.807) is 11.3 Å². The average Bonchev–Trinajstić information content (AvgIpc) is 3.41. The molecular formula is C22H23N5O2S. The maximum Gasteiger partial charge on any atom is 0.145 e. The number of anilines is 1. The Balaban J connectivity index is 1.21. The van der Waals surface area contributed by atoms with Crippen LogP contribution < -0.4 is 5.73 Å². The number of rotatable bonds is 3. The van der Waals surface area contributed by atoms with Gasteiger partial charge in [-0.15, -0.1) is 11.3 Å². The number of nitrogen functional groups attached to an aromatic ring is 1. The maximum atomic E-state index is 10.9. The molecule has 1 aromatic carbocycles. The molecule has 3 aromatic heterocycles. The van der Waals surface area contributed by atoms with E-state index in [2.05, 4.69) is 33.2 Å². The zero-order valence-electron chi connectivity index (χ0n) is 16.3. The van der Waals surface area contributed by atoms with E-state index in [1.165, 1.54) is 16.6 Å². The zero-order valence-corrected chi connectivity index (χ0v) is 17.2. The highest BCUT2D eigenvalue weighted by Gasteiger charge is 2.59. The molecule has 2 aliphatic carbocycles. The van der Waals surface area contributed by atoms with E-state index < -0.39 is 12.2 Å². The highest BCUT2D eigenvalue weighted by atomic mass is 32.1. The van der Waals surface area contributed by atoms with Crippen molar-refractivity contribution < 1.29 is 10.2 Å². The molecule has 0 amide bonds. The lowest BCUT2D eigenvalue weighted by molar-refractivity contribution is -0.0841. The smallest absolute Gasteiger partial charge is 0.145 e. The molecule has 7 nitrogen and oxygen atoms in total. The number of nitrogens with zero attached hydrogens (tertiary/aromatic N) is 4. The van der Waals surface area contributed by atoms with Gasteiger partial charge in [-0.1, -0.05) is 6.07 Å². The van der Waals surface area contributed by atoms with Gasteiger partial charge >= 0.3 is 0 Å². The van der Waals surface area contributed by atoms with Crippen LogP contribution in [0.3, 0.4) is 0 Å². The number of aliphatic hydroxyl groups is 2. The number of hydrogen-bond acceptors (Lipinski definition) is 7. The normalized spacial score (nSPS) is 31.0. The van der Waals surface area contributed by atoms with Crippen molar-refractivity contribution in [2.75, 3.05) is 5.73 Å². The third-order valence-corrected chi connectivity index (χ3v) is 7.96. The molecular weight excluding hydrogens is 398 g/mol. The summed E-state index contributed by atoms with van der Waals surface area (Å²) < 4.78 is 3.18. The van der Waals surface area contributed by atoms with E-state index >= 15 is 0 Å². The highest BCUT2D eigenvalue weighted by molar-refractivity contribution is 7.16. The molecule has 30 heavy (non-hydrogen) atoms. The predicted molar refractivity (Wildman–Crippen MR) is 116 cm³/mol. The molecule has 4 aromatic rings. The van der Waals surface area contributed by atoms with Crippen LogP contribution in [0.1, 0.15) is 30.9 Å². The molecule has 6 rings (SSSR count). The summed E-state index contributed by atoms with van der Waals surface area (Å²) in [5, 5.41) is 22.6. The van der Waals surface area contributed by atoms with Crippen LogP contribution in [0.4, 0.5) is 5.82 Å². The Bertz CT molecular complexity index is 1240. The first kappa shape index (κ1) is 18.2. The van der Waals surface area contributed by atoms with E-state index in [0.717, 1.165) is 36.6 Å². The zero-order chi connectivity index (χ0) is 20.5. The molecule has 3 atom stereocenters. The first-order chi connectivity index (χ1) is 14.5. The molecule has 0 radical (unpaired) electrons. The summed E-state index contributed by atoms with van der Waals surface area (Å²) in [6, 6.07) is 8.16.